The van der Waals surface area contributed by atoms with Gasteiger partial charge in [0.05, 0.1) is 11.4 Å². The summed E-state index contributed by atoms with van der Waals surface area (Å²) in [5.41, 5.74) is 9.26. The van der Waals surface area contributed by atoms with Crippen molar-refractivity contribution >= 4 is 32.8 Å². The number of nitrogens with two attached hydrogens (primary N) is 1. The molecule has 0 atom stereocenters. The lowest BCUT2D eigenvalue weighted by Gasteiger charge is -2.11. The third-order valence-corrected chi connectivity index (χ3v) is 3.84. The van der Waals surface area contributed by atoms with E-state index in [1.54, 1.807) is 0 Å². The van der Waals surface area contributed by atoms with Crippen molar-refractivity contribution in [1.82, 2.24) is 15.3 Å². The van der Waals surface area contributed by atoms with Gasteiger partial charge in [0.15, 0.2) is 5.52 Å². The second-order valence-electron chi connectivity index (χ2n) is 4.89. The number of halogens is 4. The van der Waals surface area contributed by atoms with Crippen LogP contribution in [-0.2, 0) is 11.8 Å². The van der Waals surface area contributed by atoms with Gasteiger partial charge in [0.2, 0.25) is 5.65 Å². The Morgan fingerprint density at radius 2 is 1.88 bits per heavy atom. The maximum absolute atomic E-state index is 12.2. The van der Waals surface area contributed by atoms with Crippen LogP contribution in [0.2, 0.25) is 0 Å². The first-order valence-electron chi connectivity index (χ1n) is 6.67. The molecule has 2 heterocycles. The van der Waals surface area contributed by atoms with Crippen LogP contribution in [0.25, 0.3) is 11.2 Å². The summed E-state index contributed by atoms with van der Waals surface area (Å²) in [6.07, 6.45) is -4.35. The summed E-state index contributed by atoms with van der Waals surface area (Å²) in [4.78, 5) is 4.31. The molecule has 1 aromatic carbocycles. The fourth-order valence-electron chi connectivity index (χ4n) is 2.24. The predicted molar refractivity (Wildman–Crippen MR) is 82.6 cm³/mol. The van der Waals surface area contributed by atoms with Gasteiger partial charge >= 0.3 is 6.36 Å². The van der Waals surface area contributed by atoms with Crippen molar-refractivity contribution in [1.29, 1.82) is 0 Å². The van der Waals surface area contributed by atoms with E-state index in [0.717, 1.165) is 5.56 Å². The number of fused-ring (bicyclic) bond motifs is 1. The number of hydrogen-bond acceptors (Lipinski definition) is 6. The molecular formula is C14H10BrF3N4O2. The lowest BCUT2D eigenvalue weighted by Crippen LogP contribution is -2.17. The standard InChI is InChI=1S/C14H10BrF3N4O2/c15-6-10-9(11(19)12-13(20-10)22-24-21-12)5-7-1-3-8(4-2-7)23-14(16,17)18/h1-4H,5-6,19H2. The summed E-state index contributed by atoms with van der Waals surface area (Å²) in [6, 6.07) is 5.56. The second-order valence-corrected chi connectivity index (χ2v) is 5.45. The molecule has 126 valence electrons. The van der Waals surface area contributed by atoms with E-state index in [9.17, 15) is 13.2 Å². The summed E-state index contributed by atoms with van der Waals surface area (Å²) < 4.78 is 45.0. The second kappa shape index (κ2) is 6.27. The molecule has 0 amide bonds. The van der Waals surface area contributed by atoms with Gasteiger partial charge in [0.1, 0.15) is 5.75 Å². The normalized spacial score (nSPS) is 11.8. The Bertz CT molecular complexity index is 865. The van der Waals surface area contributed by atoms with Crippen LogP contribution in [0, 0.1) is 0 Å². The van der Waals surface area contributed by atoms with Crippen molar-refractivity contribution in [2.24, 2.45) is 0 Å². The Morgan fingerprint density at radius 1 is 1.17 bits per heavy atom. The summed E-state index contributed by atoms with van der Waals surface area (Å²) in [5.74, 6) is -0.283. The molecule has 0 saturated heterocycles. The number of aromatic nitrogens is 3. The van der Waals surface area contributed by atoms with E-state index in [4.69, 9.17) is 5.73 Å². The van der Waals surface area contributed by atoms with Crippen LogP contribution in [0.4, 0.5) is 18.9 Å². The summed E-state index contributed by atoms with van der Waals surface area (Å²) in [7, 11) is 0. The Kier molecular flexibility index (Phi) is 4.31. The van der Waals surface area contributed by atoms with Gasteiger partial charge in [-0.25, -0.2) is 9.61 Å². The summed E-state index contributed by atoms with van der Waals surface area (Å²) >= 11 is 3.33. The highest BCUT2D eigenvalue weighted by atomic mass is 79.9. The fourth-order valence-corrected chi connectivity index (χ4v) is 2.71. The number of pyridine rings is 1. The third-order valence-electron chi connectivity index (χ3n) is 3.31. The minimum absolute atomic E-state index is 0.283. The molecule has 0 spiro atoms. The number of nitrogen functional groups attached to an aromatic ring is 1. The third kappa shape index (κ3) is 3.42. The van der Waals surface area contributed by atoms with E-state index in [1.165, 1.54) is 24.3 Å². The first-order chi connectivity index (χ1) is 11.4. The largest absolute Gasteiger partial charge is 0.573 e. The zero-order valence-corrected chi connectivity index (χ0v) is 13.6. The molecule has 0 bridgehead atoms. The number of ether oxygens (including phenoxy) is 1. The van der Waals surface area contributed by atoms with Gasteiger partial charge in [-0.1, -0.05) is 28.1 Å². The highest BCUT2D eigenvalue weighted by Gasteiger charge is 2.31. The average molecular weight is 403 g/mol. The quantitative estimate of drug-likeness (QED) is 0.671. The van der Waals surface area contributed by atoms with Crippen molar-refractivity contribution in [3.63, 3.8) is 0 Å². The number of anilines is 1. The highest BCUT2D eigenvalue weighted by Crippen LogP contribution is 2.28. The maximum Gasteiger partial charge on any atom is 0.573 e. The van der Waals surface area contributed by atoms with Crippen LogP contribution in [0.3, 0.4) is 0 Å². The lowest BCUT2D eigenvalue weighted by atomic mass is 10.0. The molecule has 24 heavy (non-hydrogen) atoms. The van der Waals surface area contributed by atoms with Gasteiger partial charge < -0.3 is 10.5 Å². The molecule has 0 aliphatic rings. The number of rotatable bonds is 4. The monoisotopic (exact) mass is 402 g/mol. The van der Waals surface area contributed by atoms with Crippen molar-refractivity contribution in [3.05, 3.63) is 41.1 Å². The topological polar surface area (TPSA) is 87.1 Å². The van der Waals surface area contributed by atoms with Gasteiger partial charge in [-0.3, -0.25) is 0 Å². The van der Waals surface area contributed by atoms with Crippen molar-refractivity contribution in [2.75, 3.05) is 5.73 Å². The molecule has 10 heteroatoms. The van der Waals surface area contributed by atoms with E-state index in [0.29, 0.717) is 39.9 Å². The van der Waals surface area contributed by atoms with E-state index in [1.807, 2.05) is 0 Å². The van der Waals surface area contributed by atoms with Gasteiger partial charge in [0, 0.05) is 17.3 Å². The Hall–Kier alpha value is -2.36. The molecule has 6 nitrogen and oxygen atoms in total. The molecule has 0 aliphatic carbocycles. The highest BCUT2D eigenvalue weighted by molar-refractivity contribution is 9.08. The Balaban J connectivity index is 1.90. The number of alkyl halides is 4. The van der Waals surface area contributed by atoms with Crippen molar-refractivity contribution in [3.8, 4) is 5.75 Å². The minimum atomic E-state index is -4.72. The maximum atomic E-state index is 12.2. The van der Waals surface area contributed by atoms with Gasteiger partial charge in [-0.05, 0) is 28.0 Å². The number of benzene rings is 1. The summed E-state index contributed by atoms with van der Waals surface area (Å²) in [5, 5.41) is 7.81. The molecule has 3 aromatic rings. The summed E-state index contributed by atoms with van der Waals surface area (Å²) in [6.45, 7) is 0. The zero-order valence-electron chi connectivity index (χ0n) is 12.0. The van der Waals surface area contributed by atoms with Crippen molar-refractivity contribution in [2.45, 2.75) is 18.1 Å². The van der Waals surface area contributed by atoms with Gasteiger partial charge in [-0.2, -0.15) is 0 Å². The van der Waals surface area contributed by atoms with Crippen LogP contribution in [0.1, 0.15) is 16.8 Å². The van der Waals surface area contributed by atoms with E-state index < -0.39 is 6.36 Å². The molecule has 0 saturated carbocycles. The van der Waals surface area contributed by atoms with Crippen molar-refractivity contribution < 1.29 is 22.5 Å². The van der Waals surface area contributed by atoms with Crippen LogP contribution in [0.5, 0.6) is 5.75 Å². The van der Waals surface area contributed by atoms with Crippen LogP contribution < -0.4 is 10.5 Å². The van der Waals surface area contributed by atoms with E-state index >= 15 is 0 Å². The van der Waals surface area contributed by atoms with E-state index in [2.05, 4.69) is 40.6 Å². The minimum Gasteiger partial charge on any atom is -0.406 e. The van der Waals surface area contributed by atoms with Gasteiger partial charge in [0.25, 0.3) is 0 Å². The first kappa shape index (κ1) is 16.5. The molecule has 0 unspecified atom stereocenters. The number of nitrogens with zero attached hydrogens (tertiary/aromatic N) is 3. The average Bonchev–Trinajstić information content (AvgIpc) is 2.99. The van der Waals surface area contributed by atoms with Gasteiger partial charge in [-0.15, -0.1) is 13.2 Å². The molecule has 2 aromatic heterocycles. The smallest absolute Gasteiger partial charge is 0.406 e. The predicted octanol–water partition coefficient (Wildman–Crippen LogP) is 3.58. The Labute approximate surface area is 141 Å². The molecule has 2 N–H and O–H groups in total. The SMILES string of the molecule is Nc1c(Cc2ccc(OC(F)(F)F)cc2)c(CBr)nc2nonc12. The molecule has 0 radical (unpaired) electrons. The van der Waals surface area contributed by atoms with Crippen LogP contribution in [0.15, 0.2) is 28.9 Å². The van der Waals surface area contributed by atoms with E-state index in [-0.39, 0.29) is 5.75 Å². The number of hydrogen-bond donors (Lipinski definition) is 1. The fraction of sp³-hybridized carbons (Fsp3) is 0.214. The molecule has 0 fully saturated rings. The molecule has 3 rings (SSSR count). The molecule has 0 aliphatic heterocycles. The van der Waals surface area contributed by atoms with Crippen LogP contribution in [-0.4, -0.2) is 21.7 Å². The Morgan fingerprint density at radius 3 is 2.50 bits per heavy atom. The first-order valence-corrected chi connectivity index (χ1v) is 7.79. The van der Waals surface area contributed by atoms with Crippen LogP contribution >= 0.6 is 15.9 Å². The lowest BCUT2D eigenvalue weighted by molar-refractivity contribution is -0.274. The molecular weight excluding hydrogens is 393 g/mol. The zero-order chi connectivity index (χ0) is 17.3.